The largest absolute Gasteiger partial charge is 0.491 e. The Balaban J connectivity index is 2.15. The topological polar surface area (TPSA) is 58.9 Å². The summed E-state index contributed by atoms with van der Waals surface area (Å²) in [6, 6.07) is 9.78. The van der Waals surface area contributed by atoms with Gasteiger partial charge in [-0.25, -0.2) is 0 Å². The van der Waals surface area contributed by atoms with Gasteiger partial charge in [-0.15, -0.1) is 0 Å². The highest BCUT2D eigenvalue weighted by Gasteiger charge is 2.09. The van der Waals surface area contributed by atoms with E-state index in [2.05, 4.69) is 0 Å². The van der Waals surface area contributed by atoms with Crippen LogP contribution in [0.4, 0.5) is 0 Å². The SMILES string of the molecule is CCC(O)COc1ccc2c(C)c(OCC(O)CC)ccc2c1. The molecule has 2 N–H and O–H groups in total. The Morgan fingerprint density at radius 1 is 0.913 bits per heavy atom. The van der Waals surface area contributed by atoms with Crippen LogP contribution in [0.5, 0.6) is 11.5 Å². The zero-order valence-corrected chi connectivity index (χ0v) is 14.1. The Morgan fingerprint density at radius 2 is 1.57 bits per heavy atom. The van der Waals surface area contributed by atoms with E-state index in [-0.39, 0.29) is 0 Å². The first-order valence-corrected chi connectivity index (χ1v) is 8.20. The van der Waals surface area contributed by atoms with Gasteiger partial charge in [0.1, 0.15) is 24.7 Å². The van der Waals surface area contributed by atoms with E-state index in [1.165, 1.54) is 0 Å². The molecular weight excluding hydrogens is 292 g/mol. The fourth-order valence-corrected chi connectivity index (χ4v) is 2.30. The average Bonchev–Trinajstić information content (AvgIpc) is 2.58. The van der Waals surface area contributed by atoms with Crippen LogP contribution in [0.2, 0.25) is 0 Å². The lowest BCUT2D eigenvalue weighted by Gasteiger charge is -2.15. The molecule has 2 aromatic rings. The summed E-state index contributed by atoms with van der Waals surface area (Å²) in [6.07, 6.45) is 0.479. The molecule has 0 aliphatic heterocycles. The van der Waals surface area contributed by atoms with Crippen molar-refractivity contribution < 1.29 is 19.7 Å². The van der Waals surface area contributed by atoms with Gasteiger partial charge in [-0.2, -0.15) is 0 Å². The molecule has 0 radical (unpaired) electrons. The van der Waals surface area contributed by atoms with Gasteiger partial charge >= 0.3 is 0 Å². The van der Waals surface area contributed by atoms with E-state index in [9.17, 15) is 10.2 Å². The van der Waals surface area contributed by atoms with E-state index >= 15 is 0 Å². The van der Waals surface area contributed by atoms with Crippen LogP contribution in [0.25, 0.3) is 10.8 Å². The summed E-state index contributed by atoms with van der Waals surface area (Å²) in [5.41, 5.74) is 1.05. The maximum Gasteiger partial charge on any atom is 0.122 e. The molecule has 23 heavy (non-hydrogen) atoms. The summed E-state index contributed by atoms with van der Waals surface area (Å²) in [6.45, 7) is 6.47. The van der Waals surface area contributed by atoms with Crippen LogP contribution in [0, 0.1) is 6.92 Å². The van der Waals surface area contributed by atoms with Gasteiger partial charge in [-0.05, 0) is 54.3 Å². The van der Waals surface area contributed by atoms with E-state index in [1.807, 2.05) is 51.1 Å². The lowest BCUT2D eigenvalue weighted by Crippen LogP contribution is -2.16. The van der Waals surface area contributed by atoms with Crippen molar-refractivity contribution in [3.8, 4) is 11.5 Å². The van der Waals surface area contributed by atoms with Gasteiger partial charge in [0.2, 0.25) is 0 Å². The molecule has 2 rings (SSSR count). The van der Waals surface area contributed by atoms with Crippen LogP contribution < -0.4 is 9.47 Å². The van der Waals surface area contributed by atoms with Gasteiger partial charge in [0.05, 0.1) is 12.2 Å². The standard InChI is InChI=1S/C19H26O4/c1-4-15(20)11-22-17-7-8-18-13(3)19(9-6-14(18)10-17)23-12-16(21)5-2/h6-10,15-16,20-21H,4-5,11-12H2,1-3H3. The molecule has 4 nitrogen and oxygen atoms in total. The molecule has 0 aliphatic carbocycles. The van der Waals surface area contributed by atoms with Crippen LogP contribution >= 0.6 is 0 Å². The first kappa shape index (κ1) is 17.6. The summed E-state index contributed by atoms with van der Waals surface area (Å²) < 4.78 is 11.3. The van der Waals surface area contributed by atoms with Crippen LogP contribution in [-0.4, -0.2) is 35.6 Å². The van der Waals surface area contributed by atoms with E-state index in [0.717, 1.165) is 27.8 Å². The van der Waals surface area contributed by atoms with Crippen molar-refractivity contribution in [3.05, 3.63) is 35.9 Å². The summed E-state index contributed by atoms with van der Waals surface area (Å²) in [4.78, 5) is 0. The molecule has 0 fully saturated rings. The van der Waals surface area contributed by atoms with Crippen molar-refractivity contribution in [2.45, 2.75) is 45.8 Å². The molecule has 4 heteroatoms. The molecule has 0 aromatic heterocycles. The van der Waals surface area contributed by atoms with Gasteiger partial charge in [0.15, 0.2) is 0 Å². The van der Waals surface area contributed by atoms with E-state index in [4.69, 9.17) is 9.47 Å². The van der Waals surface area contributed by atoms with E-state index < -0.39 is 12.2 Å². The molecular formula is C19H26O4. The van der Waals surface area contributed by atoms with Gasteiger partial charge in [0, 0.05) is 0 Å². The molecule has 0 spiro atoms. The molecule has 0 saturated carbocycles. The van der Waals surface area contributed by atoms with Gasteiger partial charge in [0.25, 0.3) is 0 Å². The summed E-state index contributed by atoms with van der Waals surface area (Å²) in [7, 11) is 0. The quantitative estimate of drug-likeness (QED) is 0.783. The van der Waals surface area contributed by atoms with E-state index in [0.29, 0.717) is 26.1 Å². The summed E-state index contributed by atoms with van der Waals surface area (Å²) in [5, 5.41) is 21.4. The molecule has 0 bridgehead atoms. The maximum atomic E-state index is 9.62. The van der Waals surface area contributed by atoms with Gasteiger partial charge in [-0.3, -0.25) is 0 Å². The Morgan fingerprint density at radius 3 is 2.22 bits per heavy atom. The number of hydrogen-bond acceptors (Lipinski definition) is 4. The van der Waals surface area contributed by atoms with Crippen molar-refractivity contribution >= 4 is 10.8 Å². The summed E-state index contributed by atoms with van der Waals surface area (Å²) in [5.74, 6) is 1.54. The summed E-state index contributed by atoms with van der Waals surface area (Å²) >= 11 is 0. The lowest BCUT2D eigenvalue weighted by atomic mass is 10.0. The number of aliphatic hydroxyl groups excluding tert-OH is 2. The zero-order valence-electron chi connectivity index (χ0n) is 14.1. The number of benzene rings is 2. The number of aryl methyl sites for hydroxylation is 1. The monoisotopic (exact) mass is 318 g/mol. The molecule has 0 saturated heterocycles. The third-order valence-corrected chi connectivity index (χ3v) is 4.03. The van der Waals surface area contributed by atoms with Gasteiger partial charge < -0.3 is 19.7 Å². The fourth-order valence-electron chi connectivity index (χ4n) is 2.30. The third-order valence-electron chi connectivity index (χ3n) is 4.03. The third kappa shape index (κ3) is 4.60. The average molecular weight is 318 g/mol. The minimum absolute atomic E-state index is 0.303. The van der Waals surface area contributed by atoms with Crippen molar-refractivity contribution in [2.75, 3.05) is 13.2 Å². The molecule has 2 aromatic carbocycles. The molecule has 0 aliphatic rings. The number of ether oxygens (including phenoxy) is 2. The minimum Gasteiger partial charge on any atom is -0.491 e. The van der Waals surface area contributed by atoms with Crippen molar-refractivity contribution in [3.63, 3.8) is 0 Å². The molecule has 0 amide bonds. The van der Waals surface area contributed by atoms with E-state index in [1.54, 1.807) is 0 Å². The van der Waals surface area contributed by atoms with Crippen LogP contribution in [0.3, 0.4) is 0 Å². The zero-order chi connectivity index (χ0) is 16.8. The second-order valence-electron chi connectivity index (χ2n) is 5.82. The van der Waals surface area contributed by atoms with Crippen LogP contribution in [-0.2, 0) is 0 Å². The first-order chi connectivity index (χ1) is 11.0. The second-order valence-corrected chi connectivity index (χ2v) is 5.82. The Bertz CT molecular complexity index is 639. The van der Waals surface area contributed by atoms with Crippen LogP contribution in [0.1, 0.15) is 32.3 Å². The lowest BCUT2D eigenvalue weighted by molar-refractivity contribution is 0.104. The number of hydrogen-bond donors (Lipinski definition) is 2. The number of aliphatic hydroxyl groups is 2. The highest BCUT2D eigenvalue weighted by molar-refractivity contribution is 5.88. The molecule has 0 heterocycles. The first-order valence-electron chi connectivity index (χ1n) is 8.20. The number of rotatable bonds is 8. The number of fused-ring (bicyclic) bond motifs is 1. The Labute approximate surface area is 137 Å². The van der Waals surface area contributed by atoms with Gasteiger partial charge in [-0.1, -0.05) is 26.0 Å². The second kappa shape index (κ2) is 8.18. The molecule has 126 valence electrons. The Kier molecular flexibility index (Phi) is 6.25. The molecule has 2 atom stereocenters. The van der Waals surface area contributed by atoms with Crippen molar-refractivity contribution in [2.24, 2.45) is 0 Å². The van der Waals surface area contributed by atoms with Crippen LogP contribution in [0.15, 0.2) is 30.3 Å². The predicted octanol–water partition coefficient (Wildman–Crippen LogP) is 3.45. The highest BCUT2D eigenvalue weighted by Crippen LogP contribution is 2.30. The fraction of sp³-hybridized carbons (Fsp3) is 0.474. The minimum atomic E-state index is -0.439. The molecule has 2 unspecified atom stereocenters. The highest BCUT2D eigenvalue weighted by atomic mass is 16.5. The van der Waals surface area contributed by atoms with Crippen molar-refractivity contribution in [1.29, 1.82) is 0 Å². The van der Waals surface area contributed by atoms with Crippen molar-refractivity contribution in [1.82, 2.24) is 0 Å². The smallest absolute Gasteiger partial charge is 0.122 e. The predicted molar refractivity (Wildman–Crippen MR) is 92.3 cm³/mol. The normalized spacial score (nSPS) is 13.8. The Hall–Kier alpha value is -1.78. The maximum absolute atomic E-state index is 9.62.